The number of carboxylic acid groups (broad SMARTS) is 1. The number of hydrogen-bond donors (Lipinski definition) is 4. The smallest absolute Gasteiger partial charge is 0.319 e. The number of aliphatic carboxylic acids is 1. The first kappa shape index (κ1) is 11.4. The molecule has 4 N–H and O–H groups in total. The predicted octanol–water partition coefficient (Wildman–Crippen LogP) is 0.784. The molecule has 1 saturated carbocycles. The second-order valence-electron chi connectivity index (χ2n) is 4.13. The van der Waals surface area contributed by atoms with Gasteiger partial charge in [0, 0.05) is 12.2 Å². The number of urea groups is 1. The number of rotatable bonds is 3. The molecule has 1 aliphatic rings. The molecule has 2 amide bonds. The van der Waals surface area contributed by atoms with Crippen molar-refractivity contribution in [3.63, 3.8) is 0 Å². The summed E-state index contributed by atoms with van der Waals surface area (Å²) >= 11 is 0. The first-order chi connectivity index (χ1) is 8.15. The lowest BCUT2D eigenvalue weighted by molar-refractivity contribution is -0.141. The van der Waals surface area contributed by atoms with Crippen LogP contribution in [-0.4, -0.2) is 33.3 Å². The molecule has 1 fully saturated rings. The van der Waals surface area contributed by atoms with E-state index in [-0.39, 0.29) is 18.0 Å². The van der Waals surface area contributed by atoms with Gasteiger partial charge >= 0.3 is 12.0 Å². The summed E-state index contributed by atoms with van der Waals surface area (Å²) in [5.41, 5.74) is 0.579. The highest BCUT2D eigenvalue weighted by Crippen LogP contribution is 2.25. The van der Waals surface area contributed by atoms with Gasteiger partial charge in [0.2, 0.25) is 0 Å². The Kier molecular flexibility index (Phi) is 3.27. The van der Waals surface area contributed by atoms with Crippen LogP contribution in [0.4, 0.5) is 10.5 Å². The van der Waals surface area contributed by atoms with E-state index in [9.17, 15) is 9.59 Å². The topological polar surface area (TPSA) is 107 Å². The molecule has 0 aliphatic heterocycles. The molecule has 17 heavy (non-hydrogen) atoms. The number of anilines is 1. The molecule has 0 radical (unpaired) electrons. The van der Waals surface area contributed by atoms with Gasteiger partial charge < -0.3 is 15.7 Å². The largest absolute Gasteiger partial charge is 0.481 e. The van der Waals surface area contributed by atoms with Crippen molar-refractivity contribution in [1.82, 2.24) is 15.5 Å². The average Bonchev–Trinajstić information content (AvgIpc) is 2.88. The Balaban J connectivity index is 1.78. The van der Waals surface area contributed by atoms with Crippen molar-refractivity contribution in [3.05, 3.63) is 12.4 Å². The Morgan fingerprint density at radius 1 is 1.47 bits per heavy atom. The Bertz CT molecular complexity index is 404. The minimum Gasteiger partial charge on any atom is -0.481 e. The maximum absolute atomic E-state index is 11.5. The third kappa shape index (κ3) is 2.96. The van der Waals surface area contributed by atoms with Gasteiger partial charge in [-0.25, -0.2) is 4.79 Å². The predicted molar refractivity (Wildman–Crippen MR) is 59.5 cm³/mol. The summed E-state index contributed by atoms with van der Waals surface area (Å²) in [6, 6.07) is -0.398. The highest BCUT2D eigenvalue weighted by Gasteiger charge is 2.30. The molecule has 2 unspecified atom stereocenters. The van der Waals surface area contributed by atoms with Gasteiger partial charge in [0.15, 0.2) is 0 Å². The van der Waals surface area contributed by atoms with Gasteiger partial charge in [0.25, 0.3) is 0 Å². The number of nitrogens with zero attached hydrogens (tertiary/aromatic N) is 1. The number of hydrogen-bond acceptors (Lipinski definition) is 3. The molecular weight excluding hydrogens is 224 g/mol. The van der Waals surface area contributed by atoms with E-state index in [0.717, 1.165) is 0 Å². The number of nitrogens with one attached hydrogen (secondary N) is 3. The lowest BCUT2D eigenvalue weighted by atomic mass is 10.1. The van der Waals surface area contributed by atoms with Gasteiger partial charge in [-0.3, -0.25) is 9.89 Å². The minimum atomic E-state index is -0.787. The van der Waals surface area contributed by atoms with Crippen LogP contribution < -0.4 is 10.6 Å². The van der Waals surface area contributed by atoms with E-state index in [1.807, 2.05) is 0 Å². The Morgan fingerprint density at radius 2 is 2.29 bits per heavy atom. The number of carbonyl (C=O) groups is 2. The lowest BCUT2D eigenvalue weighted by Crippen LogP contribution is -2.36. The number of H-pyrrole nitrogens is 1. The van der Waals surface area contributed by atoms with E-state index in [1.165, 1.54) is 6.20 Å². The van der Waals surface area contributed by atoms with Gasteiger partial charge in [-0.1, -0.05) is 0 Å². The van der Waals surface area contributed by atoms with Crippen molar-refractivity contribution in [2.45, 2.75) is 25.3 Å². The summed E-state index contributed by atoms with van der Waals surface area (Å²) in [4.78, 5) is 22.3. The van der Waals surface area contributed by atoms with E-state index in [1.54, 1.807) is 6.20 Å². The highest BCUT2D eigenvalue weighted by molar-refractivity contribution is 5.89. The maximum atomic E-state index is 11.5. The molecular formula is C10H14N4O3. The molecule has 1 aliphatic carbocycles. The van der Waals surface area contributed by atoms with Gasteiger partial charge in [0.1, 0.15) is 0 Å². The van der Waals surface area contributed by atoms with Crippen molar-refractivity contribution in [3.8, 4) is 0 Å². The van der Waals surface area contributed by atoms with Crippen LogP contribution in [0.1, 0.15) is 19.3 Å². The van der Waals surface area contributed by atoms with E-state index in [4.69, 9.17) is 5.11 Å². The first-order valence-corrected chi connectivity index (χ1v) is 5.44. The van der Waals surface area contributed by atoms with E-state index in [2.05, 4.69) is 20.8 Å². The zero-order valence-corrected chi connectivity index (χ0v) is 9.14. The monoisotopic (exact) mass is 238 g/mol. The SMILES string of the molecule is O=C(Nc1cn[nH]c1)NC1CCC(C(=O)O)C1. The van der Waals surface area contributed by atoms with E-state index < -0.39 is 5.97 Å². The van der Waals surface area contributed by atoms with Crippen LogP contribution in [0.15, 0.2) is 12.4 Å². The van der Waals surface area contributed by atoms with Crippen LogP contribution in [-0.2, 0) is 4.79 Å². The summed E-state index contributed by atoms with van der Waals surface area (Å²) in [7, 11) is 0. The average molecular weight is 238 g/mol. The van der Waals surface area contributed by atoms with Gasteiger partial charge in [-0.15, -0.1) is 0 Å². The number of aromatic amines is 1. The highest BCUT2D eigenvalue weighted by atomic mass is 16.4. The van der Waals surface area contributed by atoms with Crippen molar-refractivity contribution < 1.29 is 14.7 Å². The summed E-state index contributed by atoms with van der Waals surface area (Å²) in [5.74, 6) is -1.13. The Hall–Kier alpha value is -2.05. The molecule has 7 nitrogen and oxygen atoms in total. The van der Waals surface area contributed by atoms with Crippen molar-refractivity contribution in [2.75, 3.05) is 5.32 Å². The third-order valence-electron chi connectivity index (χ3n) is 2.87. The van der Waals surface area contributed by atoms with Gasteiger partial charge in [-0.2, -0.15) is 5.10 Å². The van der Waals surface area contributed by atoms with Crippen LogP contribution in [0.2, 0.25) is 0 Å². The molecule has 0 aromatic carbocycles. The van der Waals surface area contributed by atoms with E-state index >= 15 is 0 Å². The summed E-state index contributed by atoms with van der Waals surface area (Å²) in [6.07, 6.45) is 4.87. The standard InChI is InChI=1S/C10H14N4O3/c15-9(16)6-1-2-7(3-6)13-10(17)14-8-4-11-12-5-8/h4-7H,1-3H2,(H,11,12)(H,15,16)(H2,13,14,17). The fraction of sp³-hybridized carbons (Fsp3) is 0.500. The van der Waals surface area contributed by atoms with Crippen LogP contribution in [0.5, 0.6) is 0 Å². The molecule has 0 saturated heterocycles. The minimum absolute atomic E-state index is 0.0667. The molecule has 2 rings (SSSR count). The summed E-state index contributed by atoms with van der Waals surface area (Å²) in [5, 5.41) is 20.5. The van der Waals surface area contributed by atoms with Crippen LogP contribution in [0.3, 0.4) is 0 Å². The number of aromatic nitrogens is 2. The third-order valence-corrected chi connectivity index (χ3v) is 2.87. The van der Waals surface area contributed by atoms with Crippen LogP contribution in [0, 0.1) is 5.92 Å². The normalized spacial score (nSPS) is 23.3. The molecule has 92 valence electrons. The first-order valence-electron chi connectivity index (χ1n) is 5.44. The summed E-state index contributed by atoms with van der Waals surface area (Å²) < 4.78 is 0. The lowest BCUT2D eigenvalue weighted by Gasteiger charge is -2.12. The Labute approximate surface area is 97.6 Å². The molecule has 1 aromatic heterocycles. The zero-order valence-electron chi connectivity index (χ0n) is 9.14. The molecule has 0 bridgehead atoms. The molecule has 1 aromatic rings. The number of carbonyl (C=O) groups excluding carboxylic acids is 1. The van der Waals surface area contributed by atoms with Crippen LogP contribution in [0.25, 0.3) is 0 Å². The molecule has 0 spiro atoms. The quantitative estimate of drug-likeness (QED) is 0.624. The zero-order chi connectivity index (χ0) is 12.3. The van der Waals surface area contributed by atoms with Crippen molar-refractivity contribution >= 4 is 17.7 Å². The second-order valence-corrected chi connectivity index (χ2v) is 4.13. The fourth-order valence-electron chi connectivity index (χ4n) is 2.01. The maximum Gasteiger partial charge on any atom is 0.319 e. The molecule has 2 atom stereocenters. The van der Waals surface area contributed by atoms with Crippen molar-refractivity contribution in [2.24, 2.45) is 5.92 Å². The van der Waals surface area contributed by atoms with E-state index in [0.29, 0.717) is 24.9 Å². The molecule has 1 heterocycles. The van der Waals surface area contributed by atoms with Gasteiger partial charge in [-0.05, 0) is 19.3 Å². The number of carboxylic acids is 1. The fourth-order valence-corrected chi connectivity index (χ4v) is 2.01. The molecule has 7 heteroatoms. The number of amides is 2. The second kappa shape index (κ2) is 4.86. The van der Waals surface area contributed by atoms with Crippen LogP contribution >= 0.6 is 0 Å². The Morgan fingerprint density at radius 3 is 2.88 bits per heavy atom. The van der Waals surface area contributed by atoms with Gasteiger partial charge in [0.05, 0.1) is 17.8 Å². The van der Waals surface area contributed by atoms with Crippen molar-refractivity contribution in [1.29, 1.82) is 0 Å². The summed E-state index contributed by atoms with van der Waals surface area (Å²) in [6.45, 7) is 0.